The molecule has 0 fully saturated rings. The number of aromatic nitrogens is 3. The summed E-state index contributed by atoms with van der Waals surface area (Å²) >= 11 is 0. The van der Waals surface area contributed by atoms with Crippen LogP contribution in [0.3, 0.4) is 0 Å². The molecule has 0 aliphatic rings. The van der Waals surface area contributed by atoms with Crippen molar-refractivity contribution in [3.63, 3.8) is 0 Å². The summed E-state index contributed by atoms with van der Waals surface area (Å²) in [7, 11) is 1.94. The molecule has 0 aliphatic heterocycles. The van der Waals surface area contributed by atoms with E-state index in [4.69, 9.17) is 4.42 Å². The van der Waals surface area contributed by atoms with Gasteiger partial charge in [-0.25, -0.2) is 4.98 Å². The van der Waals surface area contributed by atoms with Crippen molar-refractivity contribution in [2.24, 2.45) is 7.05 Å². The standard InChI is InChI=1S/C15H23N3O/c1-14(2,3)12-8-11(18(7)17-12)10-9-19-13(16-10)15(4,5)6/h8-9H,1-7H3. The predicted molar refractivity (Wildman–Crippen MR) is 76.1 cm³/mol. The second kappa shape index (κ2) is 4.22. The molecule has 0 saturated heterocycles. The highest BCUT2D eigenvalue weighted by Crippen LogP contribution is 2.29. The minimum absolute atomic E-state index is 0.0343. The summed E-state index contributed by atoms with van der Waals surface area (Å²) in [4.78, 5) is 4.58. The summed E-state index contributed by atoms with van der Waals surface area (Å²) in [5, 5.41) is 4.56. The number of hydrogen-bond acceptors (Lipinski definition) is 3. The van der Waals surface area contributed by atoms with Crippen molar-refractivity contribution in [2.75, 3.05) is 0 Å². The molecule has 104 valence electrons. The van der Waals surface area contributed by atoms with Crippen LogP contribution in [0, 0.1) is 0 Å². The summed E-state index contributed by atoms with van der Waals surface area (Å²) < 4.78 is 7.45. The Bertz CT molecular complexity index is 579. The van der Waals surface area contributed by atoms with E-state index in [1.54, 1.807) is 6.26 Å². The van der Waals surface area contributed by atoms with Gasteiger partial charge in [-0.1, -0.05) is 41.5 Å². The summed E-state index contributed by atoms with van der Waals surface area (Å²) in [6.45, 7) is 12.7. The van der Waals surface area contributed by atoms with Crippen molar-refractivity contribution in [3.05, 3.63) is 23.9 Å². The largest absolute Gasteiger partial charge is 0.448 e. The minimum atomic E-state index is -0.0797. The SMILES string of the molecule is Cn1nc(C(C)(C)C)cc1-c1coc(C(C)(C)C)n1. The van der Waals surface area contributed by atoms with Crippen LogP contribution in [0.25, 0.3) is 11.4 Å². The molecule has 0 amide bonds. The lowest BCUT2D eigenvalue weighted by atomic mass is 9.92. The Kier molecular flexibility index (Phi) is 3.07. The molecule has 2 aromatic heterocycles. The van der Waals surface area contributed by atoms with Crippen LogP contribution < -0.4 is 0 Å². The zero-order chi connectivity index (χ0) is 14.4. The average Bonchev–Trinajstić information content (AvgIpc) is 2.80. The molecule has 0 aliphatic carbocycles. The van der Waals surface area contributed by atoms with Crippen LogP contribution in [0.5, 0.6) is 0 Å². The van der Waals surface area contributed by atoms with Crippen LogP contribution in [-0.2, 0) is 17.9 Å². The normalized spacial score (nSPS) is 13.0. The monoisotopic (exact) mass is 261 g/mol. The summed E-state index contributed by atoms with van der Waals surface area (Å²) in [5.41, 5.74) is 2.85. The molecular formula is C15H23N3O. The van der Waals surface area contributed by atoms with Crippen LogP contribution in [-0.4, -0.2) is 14.8 Å². The predicted octanol–water partition coefficient (Wildman–Crippen LogP) is 3.67. The van der Waals surface area contributed by atoms with Gasteiger partial charge in [-0.15, -0.1) is 0 Å². The third kappa shape index (κ3) is 2.72. The van der Waals surface area contributed by atoms with Gasteiger partial charge in [-0.05, 0) is 6.07 Å². The van der Waals surface area contributed by atoms with E-state index >= 15 is 0 Å². The van der Waals surface area contributed by atoms with Crippen molar-refractivity contribution in [1.29, 1.82) is 0 Å². The van der Waals surface area contributed by atoms with Gasteiger partial charge in [0.15, 0.2) is 5.89 Å². The van der Waals surface area contributed by atoms with Gasteiger partial charge in [0.1, 0.15) is 12.0 Å². The van der Waals surface area contributed by atoms with Crippen LogP contribution in [0.2, 0.25) is 0 Å². The van der Waals surface area contributed by atoms with E-state index in [9.17, 15) is 0 Å². The smallest absolute Gasteiger partial charge is 0.199 e. The molecule has 2 heterocycles. The number of oxazole rings is 1. The molecule has 0 atom stereocenters. The first-order valence-electron chi connectivity index (χ1n) is 6.60. The maximum atomic E-state index is 5.58. The summed E-state index contributed by atoms with van der Waals surface area (Å²) in [6, 6.07) is 2.09. The van der Waals surface area contributed by atoms with Crippen LogP contribution in [0.1, 0.15) is 53.1 Å². The molecule has 2 aromatic rings. The second-order valence-corrected chi connectivity index (χ2v) is 7.08. The van der Waals surface area contributed by atoms with Gasteiger partial charge < -0.3 is 4.42 Å². The third-order valence-corrected chi connectivity index (χ3v) is 3.06. The Morgan fingerprint density at radius 1 is 1.05 bits per heavy atom. The molecule has 0 bridgehead atoms. The van der Waals surface area contributed by atoms with E-state index < -0.39 is 0 Å². The molecule has 0 aromatic carbocycles. The van der Waals surface area contributed by atoms with E-state index in [0.29, 0.717) is 0 Å². The van der Waals surface area contributed by atoms with E-state index in [2.05, 4.69) is 57.7 Å². The molecular weight excluding hydrogens is 238 g/mol. The number of rotatable bonds is 1. The topological polar surface area (TPSA) is 43.9 Å². The first kappa shape index (κ1) is 13.8. The van der Waals surface area contributed by atoms with Crippen molar-refractivity contribution >= 4 is 0 Å². The van der Waals surface area contributed by atoms with Gasteiger partial charge in [0, 0.05) is 17.9 Å². The highest BCUT2D eigenvalue weighted by molar-refractivity contribution is 5.54. The quantitative estimate of drug-likeness (QED) is 0.786. The molecule has 19 heavy (non-hydrogen) atoms. The van der Waals surface area contributed by atoms with Crippen molar-refractivity contribution < 1.29 is 4.42 Å². The van der Waals surface area contributed by atoms with E-state index in [0.717, 1.165) is 23.0 Å². The fourth-order valence-electron chi connectivity index (χ4n) is 1.81. The Balaban J connectivity index is 2.43. The average molecular weight is 261 g/mol. The number of aryl methyl sites for hydroxylation is 1. The molecule has 0 N–H and O–H groups in total. The third-order valence-electron chi connectivity index (χ3n) is 3.06. The lowest BCUT2D eigenvalue weighted by Crippen LogP contribution is -2.12. The summed E-state index contributed by atoms with van der Waals surface area (Å²) in [5.74, 6) is 0.751. The molecule has 0 saturated carbocycles. The molecule has 4 heteroatoms. The molecule has 0 unspecified atom stereocenters. The first-order valence-corrected chi connectivity index (χ1v) is 6.60. The minimum Gasteiger partial charge on any atom is -0.448 e. The van der Waals surface area contributed by atoms with Gasteiger partial charge in [0.05, 0.1) is 11.4 Å². The van der Waals surface area contributed by atoms with Gasteiger partial charge in [-0.3, -0.25) is 4.68 Å². The Hall–Kier alpha value is -1.58. The zero-order valence-corrected chi connectivity index (χ0v) is 12.9. The lowest BCUT2D eigenvalue weighted by molar-refractivity contribution is 0.392. The van der Waals surface area contributed by atoms with E-state index in [-0.39, 0.29) is 10.8 Å². The van der Waals surface area contributed by atoms with Gasteiger partial charge >= 0.3 is 0 Å². The number of nitrogens with zero attached hydrogens (tertiary/aromatic N) is 3. The van der Waals surface area contributed by atoms with Crippen molar-refractivity contribution in [1.82, 2.24) is 14.8 Å². The van der Waals surface area contributed by atoms with E-state index in [1.165, 1.54) is 0 Å². The second-order valence-electron chi connectivity index (χ2n) is 7.08. The van der Waals surface area contributed by atoms with Crippen LogP contribution in [0.4, 0.5) is 0 Å². The van der Waals surface area contributed by atoms with Crippen LogP contribution >= 0.6 is 0 Å². The molecule has 0 radical (unpaired) electrons. The molecule has 4 nitrogen and oxygen atoms in total. The maximum Gasteiger partial charge on any atom is 0.199 e. The fraction of sp³-hybridized carbons (Fsp3) is 0.600. The molecule has 0 spiro atoms. The molecule has 2 rings (SSSR count). The van der Waals surface area contributed by atoms with Gasteiger partial charge in [0.2, 0.25) is 0 Å². The number of hydrogen-bond donors (Lipinski definition) is 0. The Labute approximate surface area is 114 Å². The van der Waals surface area contributed by atoms with E-state index in [1.807, 2.05) is 11.7 Å². The van der Waals surface area contributed by atoms with Crippen molar-refractivity contribution in [3.8, 4) is 11.4 Å². The zero-order valence-electron chi connectivity index (χ0n) is 12.9. The van der Waals surface area contributed by atoms with Gasteiger partial charge in [-0.2, -0.15) is 5.10 Å². The van der Waals surface area contributed by atoms with Crippen molar-refractivity contribution in [2.45, 2.75) is 52.4 Å². The maximum absolute atomic E-state index is 5.58. The Morgan fingerprint density at radius 2 is 1.68 bits per heavy atom. The lowest BCUT2D eigenvalue weighted by Gasteiger charge is -2.13. The highest BCUT2D eigenvalue weighted by Gasteiger charge is 2.24. The van der Waals surface area contributed by atoms with Crippen LogP contribution in [0.15, 0.2) is 16.7 Å². The first-order chi connectivity index (χ1) is 8.59. The van der Waals surface area contributed by atoms with Gasteiger partial charge in [0.25, 0.3) is 0 Å². The summed E-state index contributed by atoms with van der Waals surface area (Å²) in [6.07, 6.45) is 1.71. The fourth-order valence-corrected chi connectivity index (χ4v) is 1.81. The Morgan fingerprint density at radius 3 is 2.11 bits per heavy atom. The highest BCUT2D eigenvalue weighted by atomic mass is 16.3.